The van der Waals surface area contributed by atoms with Crippen LogP contribution in [0.4, 0.5) is 0 Å². The predicted octanol–water partition coefficient (Wildman–Crippen LogP) is 4.24. The molecule has 0 fully saturated rings. The molecule has 1 nitrogen and oxygen atoms in total. The molecule has 0 amide bonds. The first-order chi connectivity index (χ1) is 8.25. The van der Waals surface area contributed by atoms with E-state index in [1.165, 1.54) is 0 Å². The van der Waals surface area contributed by atoms with Crippen molar-refractivity contribution in [3.05, 3.63) is 76.8 Å². The van der Waals surface area contributed by atoms with Crippen molar-refractivity contribution in [2.45, 2.75) is 0 Å². The molecule has 0 aliphatic carbocycles. The minimum Gasteiger partial charge on any atom is -0.289 e. The topological polar surface area (TPSA) is 17.1 Å². The van der Waals surface area contributed by atoms with E-state index >= 15 is 0 Å². The SMILES string of the molecule is O=C(/C=C/c1ccccc1)c1cccc(Cl)c1. The second-order valence-corrected chi connectivity index (χ2v) is 4.06. The maximum Gasteiger partial charge on any atom is 0.185 e. The third-order valence-corrected chi connectivity index (χ3v) is 2.57. The molecule has 0 N–H and O–H groups in total. The van der Waals surface area contributed by atoms with Gasteiger partial charge in [0.25, 0.3) is 0 Å². The molecule has 0 bridgehead atoms. The molecule has 2 heteroatoms. The number of rotatable bonds is 3. The zero-order valence-corrected chi connectivity index (χ0v) is 9.89. The van der Waals surface area contributed by atoms with Gasteiger partial charge in [0.2, 0.25) is 0 Å². The number of benzene rings is 2. The van der Waals surface area contributed by atoms with Crippen LogP contribution in [0, 0.1) is 0 Å². The highest BCUT2D eigenvalue weighted by molar-refractivity contribution is 6.31. The fourth-order valence-corrected chi connectivity index (χ4v) is 1.66. The summed E-state index contributed by atoms with van der Waals surface area (Å²) in [6.07, 6.45) is 3.35. The number of carbonyl (C=O) groups is 1. The van der Waals surface area contributed by atoms with Crippen LogP contribution in [0.15, 0.2) is 60.7 Å². The summed E-state index contributed by atoms with van der Waals surface area (Å²) >= 11 is 5.83. The van der Waals surface area contributed by atoms with Crippen molar-refractivity contribution < 1.29 is 4.79 Å². The Bertz CT molecular complexity index is 544. The van der Waals surface area contributed by atoms with Gasteiger partial charge in [-0.1, -0.05) is 60.1 Å². The molecule has 0 aliphatic heterocycles. The van der Waals surface area contributed by atoms with Gasteiger partial charge in [-0.05, 0) is 23.8 Å². The Balaban J connectivity index is 2.15. The van der Waals surface area contributed by atoms with E-state index in [2.05, 4.69) is 0 Å². The van der Waals surface area contributed by atoms with Crippen LogP contribution in [0.1, 0.15) is 15.9 Å². The fourth-order valence-electron chi connectivity index (χ4n) is 1.47. The number of ketones is 1. The van der Waals surface area contributed by atoms with Gasteiger partial charge in [-0.3, -0.25) is 4.79 Å². The summed E-state index contributed by atoms with van der Waals surface area (Å²) < 4.78 is 0. The van der Waals surface area contributed by atoms with E-state index in [0.29, 0.717) is 10.6 Å². The molecular weight excluding hydrogens is 232 g/mol. The first-order valence-electron chi connectivity index (χ1n) is 5.29. The summed E-state index contributed by atoms with van der Waals surface area (Å²) in [5, 5.41) is 0.573. The van der Waals surface area contributed by atoms with Gasteiger partial charge in [-0.15, -0.1) is 0 Å². The van der Waals surface area contributed by atoms with Gasteiger partial charge in [0.15, 0.2) is 5.78 Å². The minimum atomic E-state index is -0.0450. The maximum absolute atomic E-state index is 11.8. The van der Waals surface area contributed by atoms with Crippen molar-refractivity contribution >= 4 is 23.5 Å². The summed E-state index contributed by atoms with van der Waals surface area (Å²) in [5.41, 5.74) is 1.60. The van der Waals surface area contributed by atoms with Gasteiger partial charge in [0, 0.05) is 10.6 Å². The van der Waals surface area contributed by atoms with Crippen molar-refractivity contribution in [3.8, 4) is 0 Å². The van der Waals surface area contributed by atoms with Crippen LogP contribution in [0.2, 0.25) is 5.02 Å². The number of allylic oxidation sites excluding steroid dienone is 1. The van der Waals surface area contributed by atoms with Crippen LogP contribution < -0.4 is 0 Å². The highest BCUT2D eigenvalue weighted by atomic mass is 35.5. The molecule has 0 unspecified atom stereocenters. The Morgan fingerprint density at radius 1 is 1.00 bits per heavy atom. The van der Waals surface area contributed by atoms with E-state index in [1.54, 1.807) is 36.4 Å². The highest BCUT2D eigenvalue weighted by Crippen LogP contribution is 2.12. The van der Waals surface area contributed by atoms with Crippen LogP contribution in [-0.2, 0) is 0 Å². The fraction of sp³-hybridized carbons (Fsp3) is 0. The zero-order chi connectivity index (χ0) is 12.1. The zero-order valence-electron chi connectivity index (χ0n) is 9.14. The number of hydrogen-bond donors (Lipinski definition) is 0. The van der Waals surface area contributed by atoms with Gasteiger partial charge in [0.05, 0.1) is 0 Å². The molecule has 0 aromatic heterocycles. The summed E-state index contributed by atoms with van der Waals surface area (Å²) in [6.45, 7) is 0. The van der Waals surface area contributed by atoms with Gasteiger partial charge in [0.1, 0.15) is 0 Å². The predicted molar refractivity (Wildman–Crippen MR) is 71.3 cm³/mol. The quantitative estimate of drug-likeness (QED) is 0.581. The molecule has 17 heavy (non-hydrogen) atoms. The standard InChI is InChI=1S/C15H11ClO/c16-14-8-4-7-13(11-14)15(17)10-9-12-5-2-1-3-6-12/h1-11H/b10-9+. The molecule has 0 spiro atoms. The van der Waals surface area contributed by atoms with Crippen LogP contribution in [0.3, 0.4) is 0 Å². The first kappa shape index (κ1) is 11.6. The highest BCUT2D eigenvalue weighted by Gasteiger charge is 2.01. The third kappa shape index (κ3) is 3.30. The normalized spacial score (nSPS) is 10.6. The maximum atomic E-state index is 11.8. The largest absolute Gasteiger partial charge is 0.289 e. The summed E-state index contributed by atoms with van der Waals surface area (Å²) in [7, 11) is 0. The number of carbonyl (C=O) groups excluding carboxylic acids is 1. The van der Waals surface area contributed by atoms with Gasteiger partial charge < -0.3 is 0 Å². The van der Waals surface area contributed by atoms with Crippen LogP contribution in [0.5, 0.6) is 0 Å². The van der Waals surface area contributed by atoms with Crippen molar-refractivity contribution in [1.29, 1.82) is 0 Å². The lowest BCUT2D eigenvalue weighted by molar-refractivity contribution is 0.104. The van der Waals surface area contributed by atoms with Crippen molar-refractivity contribution in [3.63, 3.8) is 0 Å². The first-order valence-corrected chi connectivity index (χ1v) is 5.66. The van der Waals surface area contributed by atoms with Crippen LogP contribution in [-0.4, -0.2) is 5.78 Å². The molecule has 2 aromatic rings. The Morgan fingerprint density at radius 3 is 2.47 bits per heavy atom. The van der Waals surface area contributed by atoms with E-state index in [9.17, 15) is 4.79 Å². The molecule has 0 aliphatic rings. The number of hydrogen-bond acceptors (Lipinski definition) is 1. The van der Waals surface area contributed by atoms with Crippen molar-refractivity contribution in [1.82, 2.24) is 0 Å². The van der Waals surface area contributed by atoms with Crippen LogP contribution in [0.25, 0.3) is 6.08 Å². The summed E-state index contributed by atoms with van der Waals surface area (Å²) in [6, 6.07) is 16.6. The molecule has 2 rings (SSSR count). The van der Waals surface area contributed by atoms with E-state index < -0.39 is 0 Å². The van der Waals surface area contributed by atoms with E-state index in [4.69, 9.17) is 11.6 Å². The Morgan fingerprint density at radius 2 is 1.76 bits per heavy atom. The molecular formula is C15H11ClO. The van der Waals surface area contributed by atoms with Crippen LogP contribution >= 0.6 is 11.6 Å². The average Bonchev–Trinajstić information content (AvgIpc) is 2.37. The Kier molecular flexibility index (Phi) is 3.73. The molecule has 0 radical (unpaired) electrons. The summed E-state index contributed by atoms with van der Waals surface area (Å²) in [5.74, 6) is -0.0450. The minimum absolute atomic E-state index is 0.0450. The monoisotopic (exact) mass is 242 g/mol. The Labute approximate surface area is 105 Å². The molecule has 0 saturated carbocycles. The molecule has 0 heterocycles. The van der Waals surface area contributed by atoms with Crippen molar-refractivity contribution in [2.24, 2.45) is 0 Å². The van der Waals surface area contributed by atoms with E-state index in [1.807, 2.05) is 30.3 Å². The van der Waals surface area contributed by atoms with Gasteiger partial charge >= 0.3 is 0 Å². The lowest BCUT2D eigenvalue weighted by atomic mass is 10.1. The second-order valence-electron chi connectivity index (χ2n) is 3.62. The third-order valence-electron chi connectivity index (χ3n) is 2.34. The summed E-state index contributed by atoms with van der Waals surface area (Å²) in [4.78, 5) is 11.8. The molecule has 0 atom stereocenters. The second kappa shape index (κ2) is 5.46. The van der Waals surface area contributed by atoms with Crippen molar-refractivity contribution in [2.75, 3.05) is 0 Å². The average molecular weight is 243 g/mol. The smallest absolute Gasteiger partial charge is 0.185 e. The van der Waals surface area contributed by atoms with E-state index in [0.717, 1.165) is 5.56 Å². The van der Waals surface area contributed by atoms with E-state index in [-0.39, 0.29) is 5.78 Å². The molecule has 84 valence electrons. The van der Waals surface area contributed by atoms with Gasteiger partial charge in [-0.25, -0.2) is 0 Å². The number of halogens is 1. The Hall–Kier alpha value is -1.86. The molecule has 2 aromatic carbocycles. The van der Waals surface area contributed by atoms with Gasteiger partial charge in [-0.2, -0.15) is 0 Å². The lowest BCUT2D eigenvalue weighted by Crippen LogP contribution is -1.93. The molecule has 0 saturated heterocycles. The lowest BCUT2D eigenvalue weighted by Gasteiger charge is -1.96.